The summed E-state index contributed by atoms with van der Waals surface area (Å²) in [4.78, 5) is 15.8. The van der Waals surface area contributed by atoms with E-state index in [1.54, 1.807) is 19.1 Å². The fourth-order valence-electron chi connectivity index (χ4n) is 1.97. The Bertz CT molecular complexity index is 625. The maximum atomic E-state index is 11.7. The number of hydrogen-bond donors (Lipinski definition) is 1. The molecule has 2 rings (SSSR count). The molecule has 0 unspecified atom stereocenters. The average molecular weight is 352 g/mol. The van der Waals surface area contributed by atoms with Gasteiger partial charge < -0.3 is 14.6 Å². The molecule has 1 heterocycles. The fourth-order valence-corrected chi connectivity index (χ4v) is 2.48. The molecule has 1 N–H and O–H groups in total. The number of hydrogen-bond acceptors (Lipinski definition) is 4. The van der Waals surface area contributed by atoms with Gasteiger partial charge in [-0.25, -0.2) is 9.78 Å². The van der Waals surface area contributed by atoms with Crippen molar-refractivity contribution in [3.63, 3.8) is 0 Å². The van der Waals surface area contributed by atoms with Crippen LogP contribution in [0.5, 0.6) is 0 Å². The van der Waals surface area contributed by atoms with Crippen molar-refractivity contribution in [3.8, 4) is 0 Å². The van der Waals surface area contributed by atoms with Crippen molar-refractivity contribution >= 4 is 27.6 Å². The molecular formula is C15H18BrN3O2. The van der Waals surface area contributed by atoms with E-state index in [1.165, 1.54) is 0 Å². The summed E-state index contributed by atoms with van der Waals surface area (Å²) in [5.41, 5.74) is 2.57. The topological polar surface area (TPSA) is 56.1 Å². The lowest BCUT2D eigenvalue weighted by atomic mass is 10.2. The molecule has 1 aromatic heterocycles. The van der Waals surface area contributed by atoms with Gasteiger partial charge in [-0.15, -0.1) is 0 Å². The molecule has 6 heteroatoms. The summed E-state index contributed by atoms with van der Waals surface area (Å²) >= 11 is 3.47. The van der Waals surface area contributed by atoms with Crippen LogP contribution in [0.25, 0.3) is 0 Å². The zero-order chi connectivity index (χ0) is 15.2. The Balaban J connectivity index is 2.06. The number of carbonyl (C=O) groups excluding carboxylic acids is 1. The molecule has 5 nitrogen and oxygen atoms in total. The quantitative estimate of drug-likeness (QED) is 0.809. The predicted octanol–water partition coefficient (Wildman–Crippen LogP) is 3.45. The van der Waals surface area contributed by atoms with Gasteiger partial charge in [-0.3, -0.25) is 0 Å². The average Bonchev–Trinajstić information content (AvgIpc) is 2.93. The second-order valence-electron chi connectivity index (χ2n) is 4.44. The minimum Gasteiger partial charge on any atom is -0.462 e. The number of nitrogens with one attached hydrogen (secondary N) is 1. The van der Waals surface area contributed by atoms with Crippen LogP contribution < -0.4 is 5.32 Å². The Morgan fingerprint density at radius 3 is 2.90 bits per heavy atom. The molecule has 0 aliphatic heterocycles. The lowest BCUT2D eigenvalue weighted by molar-refractivity contribution is 0.0526. The van der Waals surface area contributed by atoms with Crippen molar-refractivity contribution in [1.82, 2.24) is 9.55 Å². The number of esters is 1. The third kappa shape index (κ3) is 3.85. The van der Waals surface area contributed by atoms with E-state index in [9.17, 15) is 4.79 Å². The smallest absolute Gasteiger partial charge is 0.338 e. The zero-order valence-electron chi connectivity index (χ0n) is 12.1. The van der Waals surface area contributed by atoms with Crippen molar-refractivity contribution in [2.45, 2.75) is 26.9 Å². The molecule has 0 aliphatic rings. The van der Waals surface area contributed by atoms with Crippen LogP contribution in [0.1, 0.15) is 29.9 Å². The van der Waals surface area contributed by atoms with Gasteiger partial charge in [0.2, 0.25) is 0 Å². The van der Waals surface area contributed by atoms with Crippen molar-refractivity contribution in [3.05, 3.63) is 46.5 Å². The maximum Gasteiger partial charge on any atom is 0.338 e. The number of halogens is 1. The molecular weight excluding hydrogens is 334 g/mol. The van der Waals surface area contributed by atoms with Crippen molar-refractivity contribution in [2.24, 2.45) is 0 Å². The van der Waals surface area contributed by atoms with Crippen molar-refractivity contribution in [1.29, 1.82) is 0 Å². The number of rotatable bonds is 6. The predicted molar refractivity (Wildman–Crippen MR) is 85.3 cm³/mol. The molecule has 0 fully saturated rings. The third-order valence-electron chi connectivity index (χ3n) is 3.08. The third-order valence-corrected chi connectivity index (χ3v) is 3.74. The largest absolute Gasteiger partial charge is 0.462 e. The first-order chi connectivity index (χ1) is 10.2. The van der Waals surface area contributed by atoms with Gasteiger partial charge >= 0.3 is 5.97 Å². The fraction of sp³-hybridized carbons (Fsp3) is 0.333. The first kappa shape index (κ1) is 15.6. The van der Waals surface area contributed by atoms with Gasteiger partial charge in [-0.05, 0) is 48.0 Å². The van der Waals surface area contributed by atoms with Crippen LogP contribution in [0.3, 0.4) is 0 Å². The van der Waals surface area contributed by atoms with Crippen molar-refractivity contribution < 1.29 is 9.53 Å². The summed E-state index contributed by atoms with van der Waals surface area (Å²) in [6.45, 7) is 5.80. The van der Waals surface area contributed by atoms with Gasteiger partial charge in [-0.1, -0.05) is 0 Å². The Morgan fingerprint density at radius 2 is 2.24 bits per heavy atom. The molecule has 21 heavy (non-hydrogen) atoms. The van der Waals surface area contributed by atoms with Crippen LogP contribution in [-0.2, 0) is 17.8 Å². The Labute approximate surface area is 132 Å². The number of ether oxygens (including phenoxy) is 1. The lowest BCUT2D eigenvalue weighted by Crippen LogP contribution is -2.08. The standard InChI is InChI=1S/C15H18BrN3O2/c1-3-19-10-17-8-12(19)9-18-14-6-5-11(7-13(14)16)15(20)21-4-2/h5-8,10,18H,3-4,9H2,1-2H3. The first-order valence-corrected chi connectivity index (χ1v) is 7.64. The number of nitrogens with zero attached hydrogens (tertiary/aromatic N) is 2. The number of carbonyl (C=O) groups is 1. The minimum atomic E-state index is -0.311. The molecule has 0 saturated carbocycles. The summed E-state index contributed by atoms with van der Waals surface area (Å²) in [6, 6.07) is 5.38. The highest BCUT2D eigenvalue weighted by atomic mass is 79.9. The van der Waals surface area contributed by atoms with Crippen LogP contribution in [0.15, 0.2) is 35.2 Å². The van der Waals surface area contributed by atoms with E-state index in [-0.39, 0.29) is 5.97 Å². The number of aromatic nitrogens is 2. The summed E-state index contributed by atoms with van der Waals surface area (Å²) in [5.74, 6) is -0.311. The van der Waals surface area contributed by atoms with Gasteiger partial charge in [0.1, 0.15) is 0 Å². The Morgan fingerprint density at radius 1 is 1.43 bits per heavy atom. The van der Waals surface area contributed by atoms with Gasteiger partial charge in [0.15, 0.2) is 0 Å². The second kappa shape index (κ2) is 7.26. The van der Waals surface area contributed by atoms with Gasteiger partial charge in [0.25, 0.3) is 0 Å². The van der Waals surface area contributed by atoms with E-state index < -0.39 is 0 Å². The molecule has 112 valence electrons. The first-order valence-electron chi connectivity index (χ1n) is 6.85. The molecule has 0 aliphatic carbocycles. The summed E-state index contributed by atoms with van der Waals surface area (Å²) in [6.07, 6.45) is 3.66. The van der Waals surface area contributed by atoms with Gasteiger partial charge in [0.05, 0.1) is 30.7 Å². The summed E-state index contributed by atoms with van der Waals surface area (Å²) < 4.78 is 7.89. The van der Waals surface area contributed by atoms with E-state index >= 15 is 0 Å². The van der Waals surface area contributed by atoms with E-state index in [2.05, 4.69) is 37.7 Å². The van der Waals surface area contributed by atoms with Crippen molar-refractivity contribution in [2.75, 3.05) is 11.9 Å². The van der Waals surface area contributed by atoms with Crippen LogP contribution in [0, 0.1) is 0 Å². The Hall–Kier alpha value is -1.82. The molecule has 0 amide bonds. The maximum absolute atomic E-state index is 11.7. The number of anilines is 1. The lowest BCUT2D eigenvalue weighted by Gasteiger charge is -2.11. The van der Waals surface area contributed by atoms with Crippen LogP contribution >= 0.6 is 15.9 Å². The second-order valence-corrected chi connectivity index (χ2v) is 5.29. The highest BCUT2D eigenvalue weighted by Crippen LogP contribution is 2.24. The van der Waals surface area contributed by atoms with Crippen LogP contribution in [-0.4, -0.2) is 22.1 Å². The summed E-state index contributed by atoms with van der Waals surface area (Å²) in [5, 5.41) is 3.33. The van der Waals surface area contributed by atoms with Crippen LogP contribution in [0.4, 0.5) is 5.69 Å². The monoisotopic (exact) mass is 351 g/mol. The normalized spacial score (nSPS) is 10.4. The van der Waals surface area contributed by atoms with E-state index in [1.807, 2.05) is 18.6 Å². The number of imidazole rings is 1. The highest BCUT2D eigenvalue weighted by molar-refractivity contribution is 9.10. The molecule has 1 aromatic carbocycles. The van der Waals surface area contributed by atoms with E-state index in [0.29, 0.717) is 18.7 Å². The van der Waals surface area contributed by atoms with E-state index in [4.69, 9.17) is 4.74 Å². The van der Waals surface area contributed by atoms with Gasteiger partial charge in [0, 0.05) is 22.9 Å². The van der Waals surface area contributed by atoms with E-state index in [0.717, 1.165) is 22.4 Å². The molecule has 2 aromatic rings. The SMILES string of the molecule is CCOC(=O)c1ccc(NCc2cncn2CC)c(Br)c1. The number of benzene rings is 1. The number of aryl methyl sites for hydroxylation is 1. The molecule has 0 spiro atoms. The van der Waals surface area contributed by atoms with Crippen LogP contribution in [0.2, 0.25) is 0 Å². The molecule has 0 radical (unpaired) electrons. The highest BCUT2D eigenvalue weighted by Gasteiger charge is 2.09. The summed E-state index contributed by atoms with van der Waals surface area (Å²) in [7, 11) is 0. The zero-order valence-corrected chi connectivity index (χ0v) is 13.7. The molecule has 0 saturated heterocycles. The minimum absolute atomic E-state index is 0.311. The Kier molecular flexibility index (Phi) is 5.38. The molecule has 0 atom stereocenters. The van der Waals surface area contributed by atoms with Gasteiger partial charge in [-0.2, -0.15) is 0 Å². The molecule has 0 bridgehead atoms.